The van der Waals surface area contributed by atoms with Gasteiger partial charge in [-0.25, -0.2) is 9.59 Å². The Morgan fingerprint density at radius 3 is 2.32 bits per heavy atom. The summed E-state index contributed by atoms with van der Waals surface area (Å²) in [6.45, 7) is 3.79. The number of hydrogen-bond donors (Lipinski definition) is 1. The van der Waals surface area contributed by atoms with Crippen molar-refractivity contribution in [3.63, 3.8) is 0 Å². The van der Waals surface area contributed by atoms with Crippen LogP contribution in [0.1, 0.15) is 38.3 Å². The van der Waals surface area contributed by atoms with Crippen molar-refractivity contribution in [3.8, 4) is 0 Å². The molecule has 0 radical (unpaired) electrons. The normalized spacial score (nSPS) is 10.2. The number of amides is 1. The Labute approximate surface area is 149 Å². The number of esters is 2. The number of anilines is 1. The van der Waals surface area contributed by atoms with E-state index in [4.69, 9.17) is 9.47 Å². The molecule has 0 atom stereocenters. The van der Waals surface area contributed by atoms with Crippen LogP contribution in [-0.2, 0) is 14.3 Å². The number of nitrogens with one attached hydrogen (secondary N) is 1. The van der Waals surface area contributed by atoms with Crippen LogP contribution < -0.4 is 5.32 Å². The lowest BCUT2D eigenvalue weighted by molar-refractivity contribution is -0.119. The minimum absolute atomic E-state index is 0.368. The molecule has 132 valence electrons. The quantitative estimate of drug-likeness (QED) is 0.764. The van der Waals surface area contributed by atoms with Crippen molar-refractivity contribution in [1.29, 1.82) is 0 Å². The SMILES string of the molecule is CCCOC(=O)c1ccc(NC(=O)COC(=O)c2ccc(C)s2)cc1. The molecule has 25 heavy (non-hydrogen) atoms. The van der Waals surface area contributed by atoms with Gasteiger partial charge in [0, 0.05) is 10.6 Å². The molecule has 2 rings (SSSR count). The summed E-state index contributed by atoms with van der Waals surface area (Å²) in [5.41, 5.74) is 0.908. The standard InChI is InChI=1S/C18H19NO5S/c1-3-10-23-17(21)13-5-7-14(8-6-13)19-16(20)11-24-18(22)15-9-4-12(2)25-15/h4-9H,3,10-11H2,1-2H3,(H,19,20). The average molecular weight is 361 g/mol. The van der Waals surface area contributed by atoms with E-state index in [0.29, 0.717) is 22.7 Å². The number of rotatable bonds is 7. The molecule has 0 fully saturated rings. The molecule has 1 heterocycles. The first-order valence-electron chi connectivity index (χ1n) is 7.80. The van der Waals surface area contributed by atoms with Crippen molar-refractivity contribution >= 4 is 34.9 Å². The number of carbonyl (C=O) groups excluding carboxylic acids is 3. The smallest absolute Gasteiger partial charge is 0.348 e. The second-order valence-corrected chi connectivity index (χ2v) is 6.54. The second kappa shape index (κ2) is 8.98. The fraction of sp³-hybridized carbons (Fsp3) is 0.278. The maximum atomic E-state index is 11.8. The maximum absolute atomic E-state index is 11.8. The highest BCUT2D eigenvalue weighted by Crippen LogP contribution is 2.16. The van der Waals surface area contributed by atoms with Crippen molar-refractivity contribution < 1.29 is 23.9 Å². The zero-order valence-corrected chi connectivity index (χ0v) is 14.9. The van der Waals surface area contributed by atoms with E-state index >= 15 is 0 Å². The van der Waals surface area contributed by atoms with Crippen LogP contribution in [0.25, 0.3) is 0 Å². The first kappa shape index (κ1) is 18.7. The lowest BCUT2D eigenvalue weighted by Gasteiger charge is -2.07. The van der Waals surface area contributed by atoms with Gasteiger partial charge in [0.05, 0.1) is 12.2 Å². The van der Waals surface area contributed by atoms with Gasteiger partial charge in [0.25, 0.3) is 5.91 Å². The van der Waals surface area contributed by atoms with Crippen LogP contribution in [0, 0.1) is 6.92 Å². The zero-order valence-electron chi connectivity index (χ0n) is 14.0. The highest BCUT2D eigenvalue weighted by molar-refractivity contribution is 7.13. The van der Waals surface area contributed by atoms with Crippen molar-refractivity contribution in [2.45, 2.75) is 20.3 Å². The van der Waals surface area contributed by atoms with Gasteiger partial charge in [0.15, 0.2) is 6.61 Å². The highest BCUT2D eigenvalue weighted by atomic mass is 32.1. The third-order valence-corrected chi connectivity index (χ3v) is 4.10. The number of thiophene rings is 1. The fourth-order valence-electron chi connectivity index (χ4n) is 1.91. The molecule has 0 saturated carbocycles. The third-order valence-electron chi connectivity index (χ3n) is 3.12. The van der Waals surface area contributed by atoms with Crippen LogP contribution in [0.5, 0.6) is 0 Å². The molecule has 0 aliphatic carbocycles. The lowest BCUT2D eigenvalue weighted by atomic mass is 10.2. The molecule has 0 saturated heterocycles. The van der Waals surface area contributed by atoms with Crippen LogP contribution in [0.15, 0.2) is 36.4 Å². The van der Waals surface area contributed by atoms with Crippen LogP contribution in [-0.4, -0.2) is 31.1 Å². The third kappa shape index (κ3) is 5.72. The van der Waals surface area contributed by atoms with Crippen molar-refractivity contribution in [2.75, 3.05) is 18.5 Å². The van der Waals surface area contributed by atoms with Crippen molar-refractivity contribution in [1.82, 2.24) is 0 Å². The van der Waals surface area contributed by atoms with Crippen LogP contribution in [0.2, 0.25) is 0 Å². The molecule has 1 aromatic carbocycles. The molecule has 2 aromatic rings. The maximum Gasteiger partial charge on any atom is 0.348 e. The fourth-order valence-corrected chi connectivity index (χ4v) is 2.67. The summed E-state index contributed by atoms with van der Waals surface area (Å²) in [5.74, 6) is -1.38. The number of aryl methyl sites for hydroxylation is 1. The number of benzene rings is 1. The number of hydrogen-bond acceptors (Lipinski definition) is 6. The summed E-state index contributed by atoms with van der Waals surface area (Å²) >= 11 is 1.31. The molecule has 0 aliphatic heterocycles. The summed E-state index contributed by atoms with van der Waals surface area (Å²) in [5, 5.41) is 2.60. The van der Waals surface area contributed by atoms with Crippen molar-refractivity contribution in [3.05, 3.63) is 51.7 Å². The Balaban J connectivity index is 1.82. The Hall–Kier alpha value is -2.67. The summed E-state index contributed by atoms with van der Waals surface area (Å²) in [7, 11) is 0. The van der Waals surface area contributed by atoms with E-state index in [1.165, 1.54) is 11.3 Å². The zero-order chi connectivity index (χ0) is 18.2. The lowest BCUT2D eigenvalue weighted by Crippen LogP contribution is -2.20. The van der Waals surface area contributed by atoms with Gasteiger partial charge < -0.3 is 14.8 Å². The molecule has 0 unspecified atom stereocenters. The van der Waals surface area contributed by atoms with Gasteiger partial charge in [0.2, 0.25) is 0 Å². The number of carbonyl (C=O) groups is 3. The van der Waals surface area contributed by atoms with Gasteiger partial charge in [-0.3, -0.25) is 4.79 Å². The summed E-state index contributed by atoms with van der Waals surface area (Å²) < 4.78 is 9.99. The van der Waals surface area contributed by atoms with E-state index in [1.807, 2.05) is 19.9 Å². The summed E-state index contributed by atoms with van der Waals surface area (Å²) in [4.78, 5) is 36.8. The monoisotopic (exact) mass is 361 g/mol. The molecule has 1 aromatic heterocycles. The minimum atomic E-state index is -0.526. The van der Waals surface area contributed by atoms with Crippen LogP contribution in [0.3, 0.4) is 0 Å². The molecule has 0 aliphatic rings. The molecule has 7 heteroatoms. The Morgan fingerprint density at radius 1 is 1.00 bits per heavy atom. The minimum Gasteiger partial charge on any atom is -0.462 e. The van der Waals surface area contributed by atoms with Crippen LogP contribution in [0.4, 0.5) is 5.69 Å². The molecular formula is C18H19NO5S. The summed E-state index contributed by atoms with van der Waals surface area (Å²) in [6, 6.07) is 9.78. The van der Waals surface area contributed by atoms with E-state index in [1.54, 1.807) is 30.3 Å². The van der Waals surface area contributed by atoms with E-state index in [-0.39, 0.29) is 6.61 Å². The van der Waals surface area contributed by atoms with Gasteiger partial charge in [0.1, 0.15) is 4.88 Å². The predicted octanol–water partition coefficient (Wildman–Crippen LogP) is 3.42. The van der Waals surface area contributed by atoms with Crippen LogP contribution >= 0.6 is 11.3 Å². The van der Waals surface area contributed by atoms with E-state index < -0.39 is 17.8 Å². The largest absolute Gasteiger partial charge is 0.462 e. The van der Waals surface area contributed by atoms with Gasteiger partial charge in [-0.2, -0.15) is 0 Å². The molecule has 1 amide bonds. The van der Waals surface area contributed by atoms with E-state index in [9.17, 15) is 14.4 Å². The van der Waals surface area contributed by atoms with Gasteiger partial charge in [-0.05, 0) is 49.7 Å². The van der Waals surface area contributed by atoms with Gasteiger partial charge in [-0.1, -0.05) is 6.92 Å². The first-order chi connectivity index (χ1) is 12.0. The second-order valence-electron chi connectivity index (χ2n) is 5.25. The van der Waals surface area contributed by atoms with E-state index in [0.717, 1.165) is 11.3 Å². The first-order valence-corrected chi connectivity index (χ1v) is 8.62. The van der Waals surface area contributed by atoms with Crippen molar-refractivity contribution in [2.24, 2.45) is 0 Å². The molecule has 0 bridgehead atoms. The molecule has 0 spiro atoms. The molecule has 1 N–H and O–H groups in total. The predicted molar refractivity (Wildman–Crippen MR) is 95.0 cm³/mol. The topological polar surface area (TPSA) is 81.7 Å². The Kier molecular flexibility index (Phi) is 6.71. The average Bonchev–Trinajstić information content (AvgIpc) is 3.04. The Morgan fingerprint density at radius 2 is 1.72 bits per heavy atom. The molecular weight excluding hydrogens is 342 g/mol. The van der Waals surface area contributed by atoms with Gasteiger partial charge in [-0.15, -0.1) is 11.3 Å². The van der Waals surface area contributed by atoms with Gasteiger partial charge >= 0.3 is 11.9 Å². The Bertz CT molecular complexity index is 751. The highest BCUT2D eigenvalue weighted by Gasteiger charge is 2.12. The molecule has 6 nitrogen and oxygen atoms in total. The number of ether oxygens (including phenoxy) is 2. The summed E-state index contributed by atoms with van der Waals surface area (Å²) in [6.07, 6.45) is 0.754. The van der Waals surface area contributed by atoms with E-state index in [2.05, 4.69) is 5.32 Å².